The molecule has 2 saturated heterocycles. The number of fused-ring (bicyclic) bond motifs is 2. The summed E-state index contributed by atoms with van der Waals surface area (Å²) in [7, 11) is 1.73. The van der Waals surface area contributed by atoms with Crippen molar-refractivity contribution in [2.24, 2.45) is 7.05 Å². The van der Waals surface area contributed by atoms with Crippen LogP contribution >= 0.6 is 0 Å². The number of halogens is 4. The lowest BCUT2D eigenvalue weighted by Crippen LogP contribution is -2.44. The van der Waals surface area contributed by atoms with E-state index in [9.17, 15) is 27.2 Å². The number of benzene rings is 1. The molecule has 0 unspecified atom stereocenters. The summed E-state index contributed by atoms with van der Waals surface area (Å²) in [6, 6.07) is 1.06. The van der Waals surface area contributed by atoms with Crippen molar-refractivity contribution in [1.82, 2.24) is 19.7 Å². The number of anilines is 3. The third kappa shape index (κ3) is 4.44. The molecule has 0 atom stereocenters. The fourth-order valence-electron chi connectivity index (χ4n) is 5.75. The number of rotatable bonds is 6. The highest BCUT2D eigenvalue weighted by molar-refractivity contribution is 6.16. The first-order valence-corrected chi connectivity index (χ1v) is 12.3. The van der Waals surface area contributed by atoms with E-state index in [-0.39, 0.29) is 23.3 Å². The number of pyridine rings is 1. The molecule has 9 nitrogen and oxygen atoms in total. The maximum atomic E-state index is 13.7. The number of nitrogens with one attached hydrogen (secondary N) is 2. The van der Waals surface area contributed by atoms with Crippen molar-refractivity contribution in [3.63, 3.8) is 0 Å². The van der Waals surface area contributed by atoms with Gasteiger partial charge in [0.05, 0.1) is 34.2 Å². The van der Waals surface area contributed by atoms with E-state index in [1.165, 1.54) is 6.20 Å². The van der Waals surface area contributed by atoms with Crippen LogP contribution in [0.3, 0.4) is 0 Å². The number of aryl methyl sites for hydroxylation is 2. The lowest BCUT2D eigenvalue weighted by Gasteiger charge is -2.33. The van der Waals surface area contributed by atoms with Crippen molar-refractivity contribution >= 4 is 40.5 Å². The summed E-state index contributed by atoms with van der Waals surface area (Å²) in [5.41, 5.74) is -0.0975. The van der Waals surface area contributed by atoms with Gasteiger partial charge in [0.1, 0.15) is 5.82 Å². The van der Waals surface area contributed by atoms with Crippen LogP contribution in [0.15, 0.2) is 24.4 Å². The molecule has 0 spiro atoms. The Hall–Kier alpha value is -3.74. The van der Waals surface area contributed by atoms with E-state index in [1.54, 1.807) is 18.7 Å². The molecule has 2 aliphatic rings. The van der Waals surface area contributed by atoms with Crippen LogP contribution in [0, 0.1) is 12.7 Å². The molecule has 202 valence electrons. The van der Waals surface area contributed by atoms with Gasteiger partial charge in [-0.05, 0) is 63.9 Å². The van der Waals surface area contributed by atoms with Crippen molar-refractivity contribution < 1.29 is 27.2 Å². The van der Waals surface area contributed by atoms with Crippen LogP contribution in [0.4, 0.5) is 39.4 Å². The quantitative estimate of drug-likeness (QED) is 0.353. The molecular weight excluding hydrogens is 506 g/mol. The highest BCUT2D eigenvalue weighted by atomic mass is 19.4. The SMILES string of the molecule is Cc1nn(C)c2ncc(N(C=O)C(=O)Nc3ccc(F)c(C(F)(F)F)c3)c(NCC34CCCN3CCC4)c12. The first-order valence-electron chi connectivity index (χ1n) is 12.3. The van der Waals surface area contributed by atoms with Crippen LogP contribution < -0.4 is 15.5 Å². The molecule has 38 heavy (non-hydrogen) atoms. The second kappa shape index (κ2) is 9.53. The molecule has 4 heterocycles. The van der Waals surface area contributed by atoms with Crippen molar-refractivity contribution in [3.05, 3.63) is 41.5 Å². The number of aromatic nitrogens is 3. The van der Waals surface area contributed by atoms with Crippen LogP contribution in [-0.4, -0.2) is 57.3 Å². The number of carbonyl (C=O) groups is 2. The molecular formula is C25H27F4N7O2. The van der Waals surface area contributed by atoms with E-state index in [4.69, 9.17) is 0 Å². The average molecular weight is 534 g/mol. The van der Waals surface area contributed by atoms with Crippen molar-refractivity contribution in [3.8, 4) is 0 Å². The molecule has 0 radical (unpaired) electrons. The second-order valence-electron chi connectivity index (χ2n) is 9.80. The van der Waals surface area contributed by atoms with Crippen LogP contribution in [0.2, 0.25) is 0 Å². The highest BCUT2D eigenvalue weighted by Crippen LogP contribution is 2.41. The smallest absolute Gasteiger partial charge is 0.381 e. The van der Waals surface area contributed by atoms with Crippen LogP contribution in [0.25, 0.3) is 11.0 Å². The number of alkyl halides is 3. The van der Waals surface area contributed by atoms with Gasteiger partial charge in [0.2, 0.25) is 6.41 Å². The normalized spacial score (nSPS) is 17.0. The molecule has 1 aromatic carbocycles. The zero-order chi connectivity index (χ0) is 27.2. The van der Waals surface area contributed by atoms with Gasteiger partial charge in [-0.3, -0.25) is 14.4 Å². The van der Waals surface area contributed by atoms with Gasteiger partial charge < -0.3 is 10.6 Å². The van der Waals surface area contributed by atoms with Gasteiger partial charge in [0, 0.05) is 24.8 Å². The minimum atomic E-state index is -4.95. The first kappa shape index (κ1) is 25.9. The standard InChI is InChI=1S/C25H27F4N7O2/c1-15-20-21(31-13-24-7-3-9-35(24)10-4-8-24)19(12-30-22(20)34(2)33-15)36(14-37)23(38)32-16-5-6-18(26)17(11-16)25(27,28)29/h5-6,11-12,14H,3-4,7-10,13H2,1-2H3,(H,30,31)(H,32,38). The fraction of sp³-hybridized carbons (Fsp3) is 0.440. The van der Waals surface area contributed by atoms with E-state index in [0.717, 1.165) is 49.7 Å². The number of imide groups is 1. The van der Waals surface area contributed by atoms with E-state index >= 15 is 0 Å². The number of hydrogen-bond donors (Lipinski definition) is 2. The molecule has 13 heteroatoms. The van der Waals surface area contributed by atoms with Gasteiger partial charge in [0.25, 0.3) is 0 Å². The summed E-state index contributed by atoms with van der Waals surface area (Å²) >= 11 is 0. The summed E-state index contributed by atoms with van der Waals surface area (Å²) in [4.78, 5) is 32.9. The van der Waals surface area contributed by atoms with Gasteiger partial charge >= 0.3 is 12.2 Å². The van der Waals surface area contributed by atoms with E-state index in [2.05, 4.69) is 25.6 Å². The molecule has 0 saturated carbocycles. The van der Waals surface area contributed by atoms with E-state index in [1.807, 2.05) is 0 Å². The molecule has 2 N–H and O–H groups in total. The van der Waals surface area contributed by atoms with Gasteiger partial charge in [-0.25, -0.2) is 19.1 Å². The zero-order valence-corrected chi connectivity index (χ0v) is 20.9. The predicted octanol–water partition coefficient (Wildman–Crippen LogP) is 4.67. The van der Waals surface area contributed by atoms with E-state index in [0.29, 0.717) is 41.1 Å². The van der Waals surface area contributed by atoms with Gasteiger partial charge in [-0.1, -0.05) is 0 Å². The molecule has 2 aliphatic heterocycles. The Morgan fingerprint density at radius 1 is 1.24 bits per heavy atom. The van der Waals surface area contributed by atoms with Crippen molar-refractivity contribution in [1.29, 1.82) is 0 Å². The molecule has 0 aliphatic carbocycles. The molecule has 2 aromatic heterocycles. The van der Waals surface area contributed by atoms with Crippen LogP contribution in [0.5, 0.6) is 0 Å². The minimum absolute atomic E-state index is 0.0284. The number of amides is 3. The highest BCUT2D eigenvalue weighted by Gasteiger charge is 2.44. The average Bonchev–Trinajstić information content (AvgIpc) is 3.52. The number of hydrogen-bond acceptors (Lipinski definition) is 6. The lowest BCUT2D eigenvalue weighted by molar-refractivity contribution is -0.139. The van der Waals surface area contributed by atoms with Gasteiger partial charge in [-0.2, -0.15) is 18.3 Å². The third-order valence-corrected chi connectivity index (χ3v) is 7.52. The summed E-state index contributed by atoms with van der Waals surface area (Å²) in [6.45, 7) is 4.41. The maximum absolute atomic E-state index is 13.7. The monoisotopic (exact) mass is 533 g/mol. The molecule has 5 rings (SSSR count). The lowest BCUT2D eigenvalue weighted by atomic mass is 9.94. The number of carbonyl (C=O) groups excluding carboxylic acids is 2. The first-order chi connectivity index (χ1) is 18.0. The molecule has 3 amide bonds. The fourth-order valence-corrected chi connectivity index (χ4v) is 5.75. The largest absolute Gasteiger partial charge is 0.419 e. The van der Waals surface area contributed by atoms with Gasteiger partial charge in [0.15, 0.2) is 5.65 Å². The molecule has 3 aromatic rings. The summed E-state index contributed by atoms with van der Waals surface area (Å²) in [6.07, 6.45) is 0.897. The Bertz CT molecular complexity index is 1390. The summed E-state index contributed by atoms with van der Waals surface area (Å²) in [5.74, 6) is -1.47. The number of nitrogens with zero attached hydrogens (tertiary/aromatic N) is 5. The zero-order valence-electron chi connectivity index (χ0n) is 20.9. The predicted molar refractivity (Wildman–Crippen MR) is 133 cm³/mol. The second-order valence-corrected chi connectivity index (χ2v) is 9.80. The van der Waals surface area contributed by atoms with Gasteiger partial charge in [-0.15, -0.1) is 0 Å². The Morgan fingerprint density at radius 3 is 2.61 bits per heavy atom. The van der Waals surface area contributed by atoms with E-state index < -0.39 is 23.6 Å². The van der Waals surface area contributed by atoms with Crippen molar-refractivity contribution in [2.75, 3.05) is 35.2 Å². The third-order valence-electron chi connectivity index (χ3n) is 7.52. The van der Waals surface area contributed by atoms with Crippen LogP contribution in [-0.2, 0) is 18.0 Å². The Balaban J connectivity index is 1.50. The Labute approximate surface area is 215 Å². The summed E-state index contributed by atoms with van der Waals surface area (Å²) < 4.78 is 54.8. The topological polar surface area (TPSA) is 95.4 Å². The maximum Gasteiger partial charge on any atom is 0.419 e. The van der Waals surface area contributed by atoms with Crippen molar-refractivity contribution in [2.45, 2.75) is 44.3 Å². The van der Waals surface area contributed by atoms with Crippen LogP contribution in [0.1, 0.15) is 36.9 Å². The Morgan fingerprint density at radius 2 is 1.95 bits per heavy atom. The Kier molecular flexibility index (Phi) is 6.49. The molecule has 2 fully saturated rings. The summed E-state index contributed by atoms with van der Waals surface area (Å²) in [5, 5.41) is 10.8. The minimum Gasteiger partial charge on any atom is -0.381 e. The number of urea groups is 1. The molecule has 0 bridgehead atoms.